The lowest BCUT2D eigenvalue weighted by molar-refractivity contribution is 0.0599. The number of benzene rings is 2. The van der Waals surface area contributed by atoms with Gasteiger partial charge >= 0.3 is 5.97 Å². The number of ether oxygens (including phenoxy) is 2. The molecular formula is C30H32N2O3. The van der Waals surface area contributed by atoms with Gasteiger partial charge in [-0.2, -0.15) is 5.10 Å². The minimum atomic E-state index is -0.387. The Morgan fingerprint density at radius 1 is 1.11 bits per heavy atom. The fraction of sp³-hybridized carbons (Fsp3) is 0.400. The summed E-state index contributed by atoms with van der Waals surface area (Å²) in [5, 5.41) is 4.55. The summed E-state index contributed by atoms with van der Waals surface area (Å²) < 4.78 is 13.2. The molecule has 2 aliphatic rings. The SMILES string of the molecule is C#C[C@H]1C[C@H]1c1c(C(=O)OC)cnn1-c1cccc(-c2cccc(O[C@@H](C)C3CCCCC3)c2)c1. The largest absolute Gasteiger partial charge is 0.490 e. The molecule has 0 aliphatic heterocycles. The predicted octanol–water partition coefficient (Wildman–Crippen LogP) is 6.41. The highest BCUT2D eigenvalue weighted by molar-refractivity contribution is 5.91. The molecule has 0 unspecified atom stereocenters. The fourth-order valence-corrected chi connectivity index (χ4v) is 5.35. The van der Waals surface area contributed by atoms with E-state index in [1.165, 1.54) is 39.2 Å². The lowest BCUT2D eigenvalue weighted by Gasteiger charge is -2.28. The van der Waals surface area contributed by atoms with Crippen molar-refractivity contribution in [3.8, 4) is 34.9 Å². The molecule has 1 heterocycles. The Kier molecular flexibility index (Phi) is 6.63. The van der Waals surface area contributed by atoms with E-state index in [1.807, 2.05) is 28.9 Å². The summed E-state index contributed by atoms with van der Waals surface area (Å²) in [5.41, 5.74) is 4.33. The van der Waals surface area contributed by atoms with Gasteiger partial charge in [0.05, 0.1) is 30.8 Å². The van der Waals surface area contributed by atoms with Crippen LogP contribution in [0.3, 0.4) is 0 Å². The number of hydrogen-bond acceptors (Lipinski definition) is 4. The van der Waals surface area contributed by atoms with Gasteiger partial charge in [-0.05, 0) is 67.5 Å². The minimum absolute atomic E-state index is 0.109. The summed E-state index contributed by atoms with van der Waals surface area (Å²) in [6.45, 7) is 2.20. The van der Waals surface area contributed by atoms with Gasteiger partial charge in [-0.3, -0.25) is 0 Å². The van der Waals surface area contributed by atoms with Gasteiger partial charge in [0.1, 0.15) is 11.3 Å². The van der Waals surface area contributed by atoms with Crippen molar-refractivity contribution in [2.45, 2.75) is 57.5 Å². The van der Waals surface area contributed by atoms with Crippen molar-refractivity contribution >= 4 is 5.97 Å². The van der Waals surface area contributed by atoms with Crippen molar-refractivity contribution in [2.24, 2.45) is 11.8 Å². The van der Waals surface area contributed by atoms with E-state index >= 15 is 0 Å². The first-order valence-corrected chi connectivity index (χ1v) is 12.6. The van der Waals surface area contributed by atoms with Crippen LogP contribution < -0.4 is 4.74 Å². The molecule has 180 valence electrons. The average Bonchev–Trinajstić information content (AvgIpc) is 3.56. The summed E-state index contributed by atoms with van der Waals surface area (Å²) in [5.74, 6) is 4.19. The van der Waals surface area contributed by atoms with Gasteiger partial charge in [-0.25, -0.2) is 9.48 Å². The van der Waals surface area contributed by atoms with Crippen LogP contribution >= 0.6 is 0 Å². The van der Waals surface area contributed by atoms with Crippen LogP contribution in [0.2, 0.25) is 0 Å². The van der Waals surface area contributed by atoms with E-state index in [9.17, 15) is 4.79 Å². The highest BCUT2D eigenvalue weighted by Crippen LogP contribution is 2.48. The first-order valence-electron chi connectivity index (χ1n) is 12.6. The van der Waals surface area contributed by atoms with Crippen LogP contribution in [-0.4, -0.2) is 29.0 Å². The highest BCUT2D eigenvalue weighted by atomic mass is 16.5. The van der Waals surface area contributed by atoms with Crippen molar-refractivity contribution in [3.63, 3.8) is 0 Å². The predicted molar refractivity (Wildman–Crippen MR) is 137 cm³/mol. The second kappa shape index (κ2) is 10.00. The van der Waals surface area contributed by atoms with E-state index in [2.05, 4.69) is 42.2 Å². The molecule has 3 aromatic rings. The Hall–Kier alpha value is -3.52. The van der Waals surface area contributed by atoms with E-state index in [-0.39, 0.29) is 23.9 Å². The third kappa shape index (κ3) is 4.84. The van der Waals surface area contributed by atoms with Gasteiger partial charge in [0.2, 0.25) is 0 Å². The van der Waals surface area contributed by atoms with Crippen LogP contribution in [0, 0.1) is 24.2 Å². The molecule has 0 radical (unpaired) electrons. The van der Waals surface area contributed by atoms with Gasteiger partial charge < -0.3 is 9.47 Å². The molecule has 2 aromatic carbocycles. The second-order valence-electron chi connectivity index (χ2n) is 9.76. The lowest BCUT2D eigenvalue weighted by atomic mass is 9.86. The smallest absolute Gasteiger partial charge is 0.341 e. The van der Waals surface area contributed by atoms with Crippen molar-refractivity contribution in [3.05, 3.63) is 66.0 Å². The molecule has 5 rings (SSSR count). The van der Waals surface area contributed by atoms with Crippen LogP contribution in [0.15, 0.2) is 54.7 Å². The number of methoxy groups -OCH3 is 1. The molecule has 2 fully saturated rings. The number of aromatic nitrogens is 2. The number of esters is 1. The molecule has 0 amide bonds. The van der Waals surface area contributed by atoms with E-state index in [1.54, 1.807) is 6.20 Å². The monoisotopic (exact) mass is 468 g/mol. The minimum Gasteiger partial charge on any atom is -0.490 e. The molecule has 0 bridgehead atoms. The fourth-order valence-electron chi connectivity index (χ4n) is 5.35. The van der Waals surface area contributed by atoms with Gasteiger partial charge in [-0.1, -0.05) is 43.5 Å². The quantitative estimate of drug-likeness (QED) is 0.297. The highest BCUT2D eigenvalue weighted by Gasteiger charge is 2.42. The van der Waals surface area contributed by atoms with E-state index < -0.39 is 0 Å². The Bertz CT molecular complexity index is 1250. The van der Waals surface area contributed by atoms with Gasteiger partial charge in [0.25, 0.3) is 0 Å². The van der Waals surface area contributed by atoms with Gasteiger partial charge in [0.15, 0.2) is 0 Å². The average molecular weight is 469 g/mol. The van der Waals surface area contributed by atoms with Crippen LogP contribution in [0.4, 0.5) is 0 Å². The number of nitrogens with zero attached hydrogens (tertiary/aromatic N) is 2. The number of carbonyl (C=O) groups is 1. The Morgan fingerprint density at radius 2 is 1.86 bits per heavy atom. The summed E-state index contributed by atoms with van der Waals surface area (Å²) in [6.07, 6.45) is 14.8. The molecule has 35 heavy (non-hydrogen) atoms. The normalized spacial score (nSPS) is 20.6. The third-order valence-electron chi connectivity index (χ3n) is 7.46. The molecule has 1 aromatic heterocycles. The van der Waals surface area contributed by atoms with Gasteiger partial charge in [-0.15, -0.1) is 12.3 Å². The summed E-state index contributed by atoms with van der Waals surface area (Å²) in [7, 11) is 1.39. The lowest BCUT2D eigenvalue weighted by Crippen LogP contribution is -2.25. The zero-order chi connectivity index (χ0) is 24.4. The van der Waals surface area contributed by atoms with Crippen molar-refractivity contribution in [1.29, 1.82) is 0 Å². The molecule has 2 saturated carbocycles. The summed E-state index contributed by atoms with van der Waals surface area (Å²) in [6, 6.07) is 16.5. The van der Waals surface area contributed by atoms with E-state index in [4.69, 9.17) is 15.9 Å². The zero-order valence-electron chi connectivity index (χ0n) is 20.4. The topological polar surface area (TPSA) is 53.3 Å². The van der Waals surface area contributed by atoms with Crippen LogP contribution in [0.5, 0.6) is 5.75 Å². The Balaban J connectivity index is 1.42. The third-order valence-corrected chi connectivity index (χ3v) is 7.46. The molecular weight excluding hydrogens is 436 g/mol. The number of carbonyl (C=O) groups excluding carboxylic acids is 1. The maximum absolute atomic E-state index is 12.4. The molecule has 5 heteroatoms. The summed E-state index contributed by atoms with van der Waals surface area (Å²) in [4.78, 5) is 12.4. The van der Waals surface area contributed by atoms with Crippen molar-refractivity contribution in [2.75, 3.05) is 7.11 Å². The van der Waals surface area contributed by atoms with E-state index in [0.29, 0.717) is 11.5 Å². The maximum Gasteiger partial charge on any atom is 0.341 e. The van der Waals surface area contributed by atoms with E-state index in [0.717, 1.165) is 34.7 Å². The Morgan fingerprint density at radius 3 is 2.57 bits per heavy atom. The Labute approximate surface area is 207 Å². The van der Waals surface area contributed by atoms with Crippen LogP contribution in [0.1, 0.15) is 67.4 Å². The molecule has 0 saturated heterocycles. The van der Waals surface area contributed by atoms with Gasteiger partial charge in [0, 0.05) is 11.8 Å². The molecule has 2 aliphatic carbocycles. The standard InChI is InChI=1S/C30H32N2O3/c1-4-21-18-27(21)29-28(30(33)34-3)19-31-32(29)25-14-8-12-23(16-25)24-13-9-15-26(17-24)35-20(2)22-10-6-5-7-11-22/h1,8-9,12-17,19-22,27H,5-7,10-11,18H2,2-3H3/t20-,21-,27+/m0/s1. The first kappa shape index (κ1) is 23.2. The number of rotatable bonds is 7. The first-order chi connectivity index (χ1) is 17.1. The number of hydrogen-bond donors (Lipinski definition) is 0. The van der Waals surface area contributed by atoms with Crippen molar-refractivity contribution < 1.29 is 14.3 Å². The molecule has 0 spiro atoms. The van der Waals surface area contributed by atoms with Crippen molar-refractivity contribution in [1.82, 2.24) is 9.78 Å². The number of terminal acetylenes is 1. The summed E-state index contributed by atoms with van der Waals surface area (Å²) >= 11 is 0. The zero-order valence-corrected chi connectivity index (χ0v) is 20.4. The van der Waals surface area contributed by atoms with Crippen LogP contribution in [-0.2, 0) is 4.74 Å². The van der Waals surface area contributed by atoms with Crippen LogP contribution in [0.25, 0.3) is 16.8 Å². The molecule has 0 N–H and O–H groups in total. The maximum atomic E-state index is 12.4. The second-order valence-corrected chi connectivity index (χ2v) is 9.76. The molecule has 3 atom stereocenters. The molecule has 5 nitrogen and oxygen atoms in total.